The third kappa shape index (κ3) is 3.60. The normalized spacial score (nSPS) is 23.8. The van der Waals surface area contributed by atoms with Gasteiger partial charge in [0.05, 0.1) is 23.1 Å². The first kappa shape index (κ1) is 18.9. The van der Waals surface area contributed by atoms with Crippen LogP contribution >= 0.6 is 0 Å². The number of pyridine rings is 2. The first-order chi connectivity index (χ1) is 15.1. The lowest BCUT2D eigenvalue weighted by atomic mass is 10.0. The molecule has 0 unspecified atom stereocenters. The average Bonchev–Trinajstić information content (AvgIpc) is 3.65. The van der Waals surface area contributed by atoms with Crippen LogP contribution in [0.4, 0.5) is 17.2 Å². The lowest BCUT2D eigenvalue weighted by Crippen LogP contribution is -2.57. The number of nitrogens with two attached hydrogens (primary N) is 2. The molecule has 2 aromatic heterocycles. The highest BCUT2D eigenvalue weighted by Crippen LogP contribution is 2.46. The van der Waals surface area contributed by atoms with Crippen LogP contribution in [0.15, 0.2) is 24.5 Å². The smallest absolute Gasteiger partial charge is 0.226 e. The van der Waals surface area contributed by atoms with E-state index in [1.807, 2.05) is 12.3 Å². The van der Waals surface area contributed by atoms with Crippen molar-refractivity contribution in [3.8, 4) is 11.1 Å². The molecule has 7 heteroatoms. The number of hydrogen-bond acceptors (Lipinski definition) is 6. The molecule has 0 bridgehead atoms. The molecular weight excluding hydrogens is 388 g/mol. The van der Waals surface area contributed by atoms with Gasteiger partial charge in [-0.15, -0.1) is 0 Å². The Bertz CT molecular complexity index is 1030. The van der Waals surface area contributed by atoms with E-state index >= 15 is 0 Å². The minimum atomic E-state index is 0.281. The van der Waals surface area contributed by atoms with Crippen LogP contribution in [0.3, 0.4) is 0 Å². The average molecular weight is 419 g/mol. The van der Waals surface area contributed by atoms with Crippen molar-refractivity contribution in [3.05, 3.63) is 30.2 Å². The van der Waals surface area contributed by atoms with Crippen LogP contribution in [-0.4, -0.2) is 46.5 Å². The third-order valence-corrected chi connectivity index (χ3v) is 7.19. The summed E-state index contributed by atoms with van der Waals surface area (Å²) >= 11 is 0. The summed E-state index contributed by atoms with van der Waals surface area (Å²) in [4.78, 5) is 26.7. The summed E-state index contributed by atoms with van der Waals surface area (Å²) in [6.07, 6.45) is 10.4. The standard InChI is InChI=1S/C24H30N6O/c25-18-9-17(11-27-12-18)19-10-20(26)23(28-22(19)15-3-4-15)29-7-8-30(24(31)16-5-6-16)21(13-29)14-1-2-14/h9-12,14-16,21H,1-8,13,25-26H2/t21-/m0/s1. The molecule has 3 saturated carbocycles. The molecule has 2 aromatic rings. The Balaban J connectivity index is 1.32. The van der Waals surface area contributed by atoms with E-state index in [9.17, 15) is 4.79 Å². The Morgan fingerprint density at radius 2 is 1.81 bits per heavy atom. The number of amides is 1. The lowest BCUT2D eigenvalue weighted by molar-refractivity contribution is -0.135. The van der Waals surface area contributed by atoms with Gasteiger partial charge in [-0.25, -0.2) is 4.98 Å². The van der Waals surface area contributed by atoms with Crippen LogP contribution in [0, 0.1) is 11.8 Å². The van der Waals surface area contributed by atoms with Crippen LogP contribution in [-0.2, 0) is 4.79 Å². The second-order valence-corrected chi connectivity index (χ2v) is 9.77. The van der Waals surface area contributed by atoms with E-state index < -0.39 is 0 Å². The van der Waals surface area contributed by atoms with Crippen molar-refractivity contribution in [1.29, 1.82) is 0 Å². The zero-order valence-electron chi connectivity index (χ0n) is 17.8. The molecule has 0 radical (unpaired) electrons. The van der Waals surface area contributed by atoms with Crippen LogP contribution in [0.2, 0.25) is 0 Å². The first-order valence-corrected chi connectivity index (χ1v) is 11.6. The fraction of sp³-hybridized carbons (Fsp3) is 0.542. The molecular formula is C24H30N6O. The summed E-state index contributed by atoms with van der Waals surface area (Å²) in [5.41, 5.74) is 17.0. The molecule has 31 heavy (non-hydrogen) atoms. The minimum absolute atomic E-state index is 0.281. The van der Waals surface area contributed by atoms with Crippen LogP contribution in [0.25, 0.3) is 11.1 Å². The monoisotopic (exact) mass is 418 g/mol. The second kappa shape index (κ2) is 7.11. The Hall–Kier alpha value is -2.83. The molecule has 0 spiro atoms. The summed E-state index contributed by atoms with van der Waals surface area (Å²) in [6.45, 7) is 2.41. The van der Waals surface area contributed by atoms with Gasteiger partial charge in [0, 0.05) is 55.0 Å². The van der Waals surface area contributed by atoms with Gasteiger partial charge in [0.25, 0.3) is 0 Å². The SMILES string of the molecule is Nc1cncc(-c2cc(N)c(N3CCN(C(=O)C4CC4)[C@H](C4CC4)C3)nc2C2CC2)c1. The maximum Gasteiger partial charge on any atom is 0.226 e. The number of aromatic nitrogens is 2. The van der Waals surface area contributed by atoms with E-state index in [-0.39, 0.29) is 5.92 Å². The van der Waals surface area contributed by atoms with Gasteiger partial charge in [-0.3, -0.25) is 9.78 Å². The molecule has 1 aliphatic heterocycles. The summed E-state index contributed by atoms with van der Waals surface area (Å²) < 4.78 is 0. The Morgan fingerprint density at radius 1 is 1.00 bits per heavy atom. The number of carbonyl (C=O) groups is 1. The lowest BCUT2D eigenvalue weighted by Gasteiger charge is -2.43. The number of anilines is 3. The van der Waals surface area contributed by atoms with Crippen molar-refractivity contribution in [2.24, 2.45) is 11.8 Å². The maximum atomic E-state index is 12.8. The van der Waals surface area contributed by atoms with Crippen molar-refractivity contribution in [1.82, 2.24) is 14.9 Å². The van der Waals surface area contributed by atoms with Gasteiger partial charge in [0.15, 0.2) is 5.82 Å². The summed E-state index contributed by atoms with van der Waals surface area (Å²) in [5.74, 6) is 2.65. The number of rotatable bonds is 5. The summed E-state index contributed by atoms with van der Waals surface area (Å²) in [7, 11) is 0. The first-order valence-electron chi connectivity index (χ1n) is 11.6. The maximum absolute atomic E-state index is 12.8. The van der Waals surface area contributed by atoms with Crippen LogP contribution in [0.5, 0.6) is 0 Å². The molecule has 1 amide bonds. The minimum Gasteiger partial charge on any atom is -0.397 e. The van der Waals surface area contributed by atoms with Gasteiger partial charge in [0.2, 0.25) is 5.91 Å². The highest BCUT2D eigenvalue weighted by Gasteiger charge is 2.45. The van der Waals surface area contributed by atoms with Gasteiger partial charge in [0.1, 0.15) is 0 Å². The second-order valence-electron chi connectivity index (χ2n) is 9.77. The summed E-state index contributed by atoms with van der Waals surface area (Å²) in [6, 6.07) is 4.30. The van der Waals surface area contributed by atoms with E-state index in [1.54, 1.807) is 6.20 Å². The van der Waals surface area contributed by atoms with Gasteiger partial charge >= 0.3 is 0 Å². The number of carbonyl (C=O) groups excluding carboxylic acids is 1. The highest BCUT2D eigenvalue weighted by atomic mass is 16.2. The Kier molecular flexibility index (Phi) is 4.33. The predicted molar refractivity (Wildman–Crippen MR) is 121 cm³/mol. The molecule has 0 aromatic carbocycles. The Labute approximate surface area is 182 Å². The fourth-order valence-electron chi connectivity index (χ4n) is 5.02. The van der Waals surface area contributed by atoms with E-state index in [1.165, 1.54) is 12.8 Å². The molecule has 3 aliphatic carbocycles. The molecule has 4 aliphatic rings. The van der Waals surface area contributed by atoms with Gasteiger partial charge in [-0.05, 0) is 56.6 Å². The molecule has 1 atom stereocenters. The number of piperazine rings is 1. The molecule has 162 valence electrons. The quantitative estimate of drug-likeness (QED) is 0.774. The fourth-order valence-corrected chi connectivity index (χ4v) is 5.02. The van der Waals surface area contributed by atoms with Crippen molar-refractivity contribution >= 4 is 23.1 Å². The molecule has 3 heterocycles. The predicted octanol–water partition coefficient (Wildman–Crippen LogP) is 3.02. The van der Waals surface area contributed by atoms with Crippen molar-refractivity contribution in [2.75, 3.05) is 36.0 Å². The van der Waals surface area contributed by atoms with Crippen molar-refractivity contribution in [2.45, 2.75) is 50.5 Å². The zero-order valence-corrected chi connectivity index (χ0v) is 17.8. The molecule has 6 rings (SSSR count). The van der Waals surface area contributed by atoms with Crippen LogP contribution < -0.4 is 16.4 Å². The van der Waals surface area contributed by atoms with E-state index in [4.69, 9.17) is 16.5 Å². The highest BCUT2D eigenvalue weighted by molar-refractivity contribution is 5.82. The molecule has 1 saturated heterocycles. The zero-order chi connectivity index (χ0) is 21.1. The van der Waals surface area contributed by atoms with E-state index in [0.717, 1.165) is 68.0 Å². The number of nitrogen functional groups attached to an aromatic ring is 2. The number of hydrogen-bond donors (Lipinski definition) is 2. The van der Waals surface area contributed by atoms with Gasteiger partial charge in [-0.1, -0.05) is 0 Å². The molecule has 4 N–H and O–H groups in total. The van der Waals surface area contributed by atoms with Crippen molar-refractivity contribution in [3.63, 3.8) is 0 Å². The van der Waals surface area contributed by atoms with Crippen molar-refractivity contribution < 1.29 is 4.79 Å². The van der Waals surface area contributed by atoms with Crippen LogP contribution in [0.1, 0.15) is 50.1 Å². The van der Waals surface area contributed by atoms with E-state index in [2.05, 4.69) is 20.9 Å². The Morgan fingerprint density at radius 3 is 2.48 bits per heavy atom. The molecule has 7 nitrogen and oxygen atoms in total. The molecule has 4 fully saturated rings. The van der Waals surface area contributed by atoms with Gasteiger partial charge < -0.3 is 21.3 Å². The largest absolute Gasteiger partial charge is 0.397 e. The summed E-state index contributed by atoms with van der Waals surface area (Å²) in [5, 5.41) is 0. The number of nitrogens with zero attached hydrogens (tertiary/aromatic N) is 4. The third-order valence-electron chi connectivity index (χ3n) is 7.19. The van der Waals surface area contributed by atoms with Gasteiger partial charge in [-0.2, -0.15) is 0 Å². The topological polar surface area (TPSA) is 101 Å². The van der Waals surface area contributed by atoms with E-state index in [0.29, 0.717) is 35.2 Å².